The maximum absolute atomic E-state index is 11.0. The number of nitrogens with one attached hydrogen (secondary N) is 1. The van der Waals surface area contributed by atoms with Crippen molar-refractivity contribution in [2.75, 3.05) is 0 Å². The predicted molar refractivity (Wildman–Crippen MR) is 67.7 cm³/mol. The van der Waals surface area contributed by atoms with E-state index in [1.165, 1.54) is 22.6 Å². The first-order valence-corrected chi connectivity index (χ1v) is 5.51. The summed E-state index contributed by atoms with van der Waals surface area (Å²) in [5, 5.41) is 19.7. The number of esters is 1. The van der Waals surface area contributed by atoms with Crippen LogP contribution in [0.5, 0.6) is 0 Å². The summed E-state index contributed by atoms with van der Waals surface area (Å²) in [5.74, 6) is -1.92. The van der Waals surface area contributed by atoms with Gasteiger partial charge in [-0.1, -0.05) is 13.2 Å². The highest BCUT2D eigenvalue weighted by Crippen LogP contribution is 2.10. The molecule has 0 radical (unpaired) electrons. The minimum Gasteiger partial charge on any atom is -0.386 e. The molecule has 0 fully saturated rings. The van der Waals surface area contributed by atoms with Crippen molar-refractivity contribution in [3.63, 3.8) is 0 Å². The molecular formula is C7H7I2NO5. The third-order valence-corrected chi connectivity index (χ3v) is 1.91. The smallest absolute Gasteiger partial charge is 0.386 e. The largest absolute Gasteiger partial charge is 0.421 e. The summed E-state index contributed by atoms with van der Waals surface area (Å²) >= 11 is 3.10. The lowest BCUT2D eigenvalue weighted by Crippen LogP contribution is -2.51. The molecule has 0 spiro atoms. The minimum absolute atomic E-state index is 0.00410. The molecule has 0 aliphatic carbocycles. The van der Waals surface area contributed by atoms with Crippen LogP contribution in [0.4, 0.5) is 0 Å². The Kier molecular flexibility index (Phi) is 5.69. The maximum atomic E-state index is 11.0. The van der Waals surface area contributed by atoms with E-state index in [2.05, 4.69) is 17.9 Å². The van der Waals surface area contributed by atoms with Crippen molar-refractivity contribution in [2.45, 2.75) is 6.10 Å². The molecule has 0 bridgehead atoms. The lowest BCUT2D eigenvalue weighted by molar-refractivity contribution is -0.329. The van der Waals surface area contributed by atoms with Crippen molar-refractivity contribution in [3.8, 4) is 0 Å². The number of rotatable bonds is 4. The normalized spacial score (nSPS) is 10.4. The van der Waals surface area contributed by atoms with Gasteiger partial charge in [-0.3, -0.25) is 10.1 Å². The van der Waals surface area contributed by atoms with Crippen LogP contribution in [0.25, 0.3) is 0 Å². The highest BCUT2D eigenvalue weighted by atomic mass is 127. The topological polar surface area (TPSA) is 95.9 Å². The summed E-state index contributed by atoms with van der Waals surface area (Å²) in [5.41, 5.74) is 0. The van der Waals surface area contributed by atoms with Crippen molar-refractivity contribution in [1.82, 2.24) is 5.32 Å². The number of carbonyl (C=O) groups is 2. The molecule has 0 rings (SSSR count). The quantitative estimate of drug-likeness (QED) is 0.251. The number of ether oxygens (including phenoxy) is 1. The highest BCUT2D eigenvalue weighted by Gasteiger charge is 2.31. The van der Waals surface area contributed by atoms with Crippen molar-refractivity contribution < 1.29 is 24.5 Å². The summed E-state index contributed by atoms with van der Waals surface area (Å²) in [6, 6.07) is 0. The van der Waals surface area contributed by atoms with E-state index in [9.17, 15) is 9.59 Å². The Labute approximate surface area is 113 Å². The van der Waals surface area contributed by atoms with E-state index in [0.29, 0.717) is 0 Å². The van der Waals surface area contributed by atoms with E-state index >= 15 is 0 Å². The number of carbonyl (C=O) groups excluding carboxylic acids is 2. The van der Waals surface area contributed by atoms with Gasteiger partial charge in [0.15, 0.2) is 0 Å². The monoisotopic (exact) mass is 439 g/mol. The zero-order chi connectivity index (χ0) is 12.2. The van der Waals surface area contributed by atoms with Crippen LogP contribution in [0.2, 0.25) is 0 Å². The third-order valence-electron chi connectivity index (χ3n) is 0.979. The van der Waals surface area contributed by atoms with Crippen LogP contribution in [0.15, 0.2) is 20.3 Å². The Morgan fingerprint density at radius 1 is 1.20 bits per heavy atom. The third kappa shape index (κ3) is 6.06. The Morgan fingerprint density at radius 3 is 2.00 bits per heavy atom. The van der Waals surface area contributed by atoms with Gasteiger partial charge in [-0.2, -0.15) is 0 Å². The molecule has 84 valence electrons. The van der Waals surface area contributed by atoms with E-state index in [4.69, 9.17) is 10.2 Å². The summed E-state index contributed by atoms with van der Waals surface area (Å²) in [6.07, 6.45) is -3.07. The standard InChI is InChI=1S/C7H7I2NO5/c1-3(8)5(11)10-7(13,14)15-6(12)4(2)9/h13-14H,1-2H2,(H,10,11). The van der Waals surface area contributed by atoms with Crippen molar-refractivity contribution in [3.05, 3.63) is 20.3 Å². The fourth-order valence-electron chi connectivity index (χ4n) is 0.426. The van der Waals surface area contributed by atoms with E-state index < -0.39 is 18.0 Å². The van der Waals surface area contributed by atoms with Gasteiger partial charge in [0.25, 0.3) is 5.91 Å². The van der Waals surface area contributed by atoms with Gasteiger partial charge in [-0.05, 0) is 45.2 Å². The molecule has 3 N–H and O–H groups in total. The van der Waals surface area contributed by atoms with Gasteiger partial charge in [-0.15, -0.1) is 0 Å². The van der Waals surface area contributed by atoms with Crippen LogP contribution < -0.4 is 5.32 Å². The van der Waals surface area contributed by atoms with Gasteiger partial charge in [0.05, 0.1) is 7.16 Å². The maximum Gasteiger partial charge on any atom is 0.421 e. The predicted octanol–water partition coefficient (Wildman–Crippen LogP) is 0.139. The van der Waals surface area contributed by atoms with Gasteiger partial charge >= 0.3 is 12.1 Å². The van der Waals surface area contributed by atoms with Crippen LogP contribution in [0.3, 0.4) is 0 Å². The van der Waals surface area contributed by atoms with Crippen LogP contribution >= 0.6 is 45.2 Å². The van der Waals surface area contributed by atoms with E-state index in [1.807, 2.05) is 0 Å². The molecule has 0 aromatic carbocycles. The van der Waals surface area contributed by atoms with Crippen LogP contribution in [0.1, 0.15) is 0 Å². The molecule has 1 amide bonds. The molecule has 0 aliphatic heterocycles. The Bertz CT molecular complexity index is 295. The van der Waals surface area contributed by atoms with E-state index in [1.54, 1.807) is 27.9 Å². The van der Waals surface area contributed by atoms with Gasteiger partial charge in [0.2, 0.25) is 0 Å². The van der Waals surface area contributed by atoms with Gasteiger partial charge < -0.3 is 14.9 Å². The fourth-order valence-corrected chi connectivity index (χ4v) is 0.671. The Balaban J connectivity index is 4.43. The first-order valence-electron chi connectivity index (χ1n) is 3.35. The first-order chi connectivity index (χ1) is 6.65. The molecule has 0 atom stereocenters. The Hall–Kier alpha value is -0.200. The zero-order valence-corrected chi connectivity index (χ0v) is 11.6. The average Bonchev–Trinajstić information content (AvgIpc) is 2.01. The fraction of sp³-hybridized carbons (Fsp3) is 0.143. The molecule has 0 heterocycles. The number of hydrogen-bond acceptors (Lipinski definition) is 5. The first kappa shape index (κ1) is 14.8. The van der Waals surface area contributed by atoms with Crippen LogP contribution in [-0.2, 0) is 14.3 Å². The number of halogens is 2. The average molecular weight is 439 g/mol. The molecule has 0 aromatic rings. The molecule has 15 heavy (non-hydrogen) atoms. The Morgan fingerprint density at radius 2 is 1.67 bits per heavy atom. The van der Waals surface area contributed by atoms with Gasteiger partial charge in [-0.25, -0.2) is 4.79 Å². The SMILES string of the molecule is C=C(I)C(=O)NC(O)(O)OC(=O)C(=C)I. The van der Waals surface area contributed by atoms with Gasteiger partial charge in [0.1, 0.15) is 0 Å². The van der Waals surface area contributed by atoms with Crippen molar-refractivity contribution in [1.29, 1.82) is 0 Å². The molecule has 0 aliphatic rings. The summed E-state index contributed by atoms with van der Waals surface area (Å²) in [6.45, 7) is 6.46. The molecular weight excluding hydrogens is 432 g/mol. The number of hydrogen-bond donors (Lipinski definition) is 3. The number of aliphatic hydroxyl groups is 2. The number of amides is 1. The second-order valence-electron chi connectivity index (χ2n) is 2.26. The summed E-state index contributed by atoms with van der Waals surface area (Å²) in [7, 11) is 0. The van der Waals surface area contributed by atoms with Gasteiger partial charge in [0, 0.05) is 0 Å². The highest BCUT2D eigenvalue weighted by molar-refractivity contribution is 14.1. The van der Waals surface area contributed by atoms with Crippen molar-refractivity contribution >= 4 is 57.1 Å². The molecule has 8 heteroatoms. The molecule has 0 saturated carbocycles. The second kappa shape index (κ2) is 5.77. The van der Waals surface area contributed by atoms with Crippen LogP contribution in [-0.4, -0.2) is 28.2 Å². The van der Waals surface area contributed by atoms with E-state index in [0.717, 1.165) is 0 Å². The molecule has 6 nitrogen and oxygen atoms in total. The molecule has 0 unspecified atom stereocenters. The minimum atomic E-state index is -3.07. The second-order valence-corrected chi connectivity index (χ2v) is 4.87. The zero-order valence-electron chi connectivity index (χ0n) is 7.29. The lowest BCUT2D eigenvalue weighted by Gasteiger charge is -2.21. The summed E-state index contributed by atoms with van der Waals surface area (Å²) in [4.78, 5) is 21.8. The van der Waals surface area contributed by atoms with E-state index in [-0.39, 0.29) is 7.16 Å². The summed E-state index contributed by atoms with van der Waals surface area (Å²) < 4.78 is 4.05. The van der Waals surface area contributed by atoms with Crippen LogP contribution in [0, 0.1) is 0 Å². The molecule has 0 saturated heterocycles. The van der Waals surface area contributed by atoms with Crippen molar-refractivity contribution in [2.24, 2.45) is 0 Å². The molecule has 0 aromatic heterocycles. The lowest BCUT2D eigenvalue weighted by atomic mass is 10.6.